The molecule has 0 radical (unpaired) electrons. The minimum Gasteiger partial charge on any atom is -0.464 e. The van der Waals surface area contributed by atoms with Gasteiger partial charge in [-0.1, -0.05) is 46.4 Å². The molecule has 1 unspecified atom stereocenters. The lowest BCUT2D eigenvalue weighted by Gasteiger charge is -2.27. The number of aromatic nitrogens is 1. The summed E-state index contributed by atoms with van der Waals surface area (Å²) in [4.78, 5) is 48.8. The number of ketones is 1. The van der Waals surface area contributed by atoms with Crippen molar-refractivity contribution in [1.82, 2.24) is 9.88 Å². The number of Topliss-reactive ketones (excluding diaryl/α,β-unsaturated/α-hetero) is 1. The molecule has 1 atom stereocenters. The zero-order valence-electron chi connectivity index (χ0n) is 12.1. The Morgan fingerprint density at radius 1 is 1.38 bits per heavy atom. The average molecular weight is 416 g/mol. The maximum Gasteiger partial charge on any atom is 0.342 e. The number of hydrogen-bond donors (Lipinski definition) is 1. The molecule has 2 amide bonds. The monoisotopic (exact) mass is 414 g/mol. The second-order valence-corrected chi connectivity index (χ2v) is 7.59. The molecule has 0 spiro atoms. The quantitative estimate of drug-likeness (QED) is 0.267. The van der Waals surface area contributed by atoms with E-state index in [0.717, 1.165) is 16.8 Å². The summed E-state index contributed by atoms with van der Waals surface area (Å²) < 4.78 is 3.47. The molecule has 1 saturated heterocycles. The number of alkyl halides is 3. The highest BCUT2D eigenvalue weighted by atomic mass is 35.6. The smallest absolute Gasteiger partial charge is 0.342 e. The first-order valence-corrected chi connectivity index (χ1v) is 8.06. The number of carbonyl (C=O) groups is 4. The maximum absolute atomic E-state index is 12.4. The van der Waals surface area contributed by atoms with E-state index in [-0.39, 0.29) is 17.3 Å². The van der Waals surface area contributed by atoms with Gasteiger partial charge in [0.05, 0.1) is 23.7 Å². The van der Waals surface area contributed by atoms with Crippen LogP contribution in [0.4, 0.5) is 0 Å². The number of esters is 1. The summed E-state index contributed by atoms with van der Waals surface area (Å²) in [6.45, 7) is 1.47. The van der Waals surface area contributed by atoms with Gasteiger partial charge < -0.3 is 9.30 Å². The molecular weight excluding hydrogens is 406 g/mol. The van der Waals surface area contributed by atoms with Crippen LogP contribution < -0.4 is 5.32 Å². The van der Waals surface area contributed by atoms with Crippen molar-refractivity contribution in [2.45, 2.75) is 22.7 Å². The van der Waals surface area contributed by atoms with E-state index in [0.29, 0.717) is 0 Å². The van der Waals surface area contributed by atoms with E-state index in [9.17, 15) is 19.2 Å². The van der Waals surface area contributed by atoms with Gasteiger partial charge in [-0.25, -0.2) is 4.79 Å². The molecule has 1 aliphatic rings. The predicted molar refractivity (Wildman–Crippen MR) is 86.4 cm³/mol. The Bertz CT molecular complexity index is 739. The summed E-state index contributed by atoms with van der Waals surface area (Å²) >= 11 is 22.7. The van der Waals surface area contributed by atoms with Crippen molar-refractivity contribution in [3.63, 3.8) is 0 Å². The van der Waals surface area contributed by atoms with Crippen molar-refractivity contribution in [3.05, 3.63) is 23.0 Å². The molecule has 7 nitrogen and oxygen atoms in total. The lowest BCUT2D eigenvalue weighted by molar-refractivity contribution is -0.157. The molecule has 0 aliphatic carbocycles. The summed E-state index contributed by atoms with van der Waals surface area (Å²) in [5.41, 5.74) is -2.46. The van der Waals surface area contributed by atoms with Crippen molar-refractivity contribution < 1.29 is 23.9 Å². The van der Waals surface area contributed by atoms with E-state index >= 15 is 0 Å². The van der Waals surface area contributed by atoms with Crippen LogP contribution in [-0.2, 0) is 24.7 Å². The van der Waals surface area contributed by atoms with E-state index in [1.807, 2.05) is 5.32 Å². The van der Waals surface area contributed by atoms with Gasteiger partial charge in [0.25, 0.3) is 9.70 Å². The summed E-state index contributed by atoms with van der Waals surface area (Å²) in [6, 6.07) is 1.13. The number of halogens is 4. The SMILES string of the molecule is CCOC(=O)C1(n2cc(Cl)cc2C(=O)C(Cl)(Cl)Cl)CC(=O)NC1=O. The molecule has 1 N–H and O–H groups in total. The third-order valence-corrected chi connectivity index (χ3v) is 4.07. The Hall–Kier alpha value is -1.28. The van der Waals surface area contributed by atoms with Crippen molar-refractivity contribution in [3.8, 4) is 0 Å². The fourth-order valence-electron chi connectivity index (χ4n) is 2.36. The standard InChI is InChI=1S/C13H10Cl4N2O5/c1-2-24-11(23)12(4-8(20)18-10(12)22)19-5-6(14)3-7(19)9(21)13(15,16)17/h3,5H,2,4H2,1H3,(H,18,20,22). The minimum atomic E-state index is -2.35. The van der Waals surface area contributed by atoms with Crippen molar-refractivity contribution in [2.24, 2.45) is 0 Å². The highest BCUT2D eigenvalue weighted by Crippen LogP contribution is 2.37. The third-order valence-electron chi connectivity index (χ3n) is 3.35. The zero-order valence-corrected chi connectivity index (χ0v) is 15.1. The van der Waals surface area contributed by atoms with Gasteiger partial charge in [-0.3, -0.25) is 19.7 Å². The van der Waals surface area contributed by atoms with Crippen LogP contribution in [0, 0.1) is 0 Å². The molecule has 0 aromatic carbocycles. The molecule has 1 fully saturated rings. The summed E-state index contributed by atoms with van der Waals surface area (Å²) in [6.07, 6.45) is 0.552. The number of hydrogen-bond acceptors (Lipinski definition) is 5. The highest BCUT2D eigenvalue weighted by Gasteiger charge is 2.57. The largest absolute Gasteiger partial charge is 0.464 e. The van der Waals surface area contributed by atoms with Crippen LogP contribution in [0.5, 0.6) is 0 Å². The first-order chi connectivity index (χ1) is 11.0. The summed E-state index contributed by atoms with van der Waals surface area (Å²) in [5, 5.41) is 2.01. The Morgan fingerprint density at radius 3 is 2.46 bits per heavy atom. The second-order valence-electron chi connectivity index (χ2n) is 4.88. The van der Waals surface area contributed by atoms with Crippen LogP contribution in [0.3, 0.4) is 0 Å². The van der Waals surface area contributed by atoms with Gasteiger partial charge in [0.1, 0.15) is 0 Å². The van der Waals surface area contributed by atoms with Gasteiger partial charge in [0.15, 0.2) is 0 Å². The Labute approximate surface area is 156 Å². The number of carbonyl (C=O) groups excluding carboxylic acids is 4. The molecule has 1 aromatic rings. The fourth-order valence-corrected chi connectivity index (χ4v) is 2.85. The van der Waals surface area contributed by atoms with E-state index in [1.54, 1.807) is 0 Å². The molecule has 2 rings (SSSR count). The lowest BCUT2D eigenvalue weighted by atomic mass is 9.96. The van der Waals surface area contributed by atoms with E-state index in [4.69, 9.17) is 51.1 Å². The minimum absolute atomic E-state index is 0.00317. The molecule has 130 valence electrons. The summed E-state index contributed by atoms with van der Waals surface area (Å²) in [5.74, 6) is -3.73. The highest BCUT2D eigenvalue weighted by molar-refractivity contribution is 6.77. The molecule has 24 heavy (non-hydrogen) atoms. The molecule has 0 bridgehead atoms. The van der Waals surface area contributed by atoms with Crippen LogP contribution in [0.1, 0.15) is 23.8 Å². The molecule has 2 heterocycles. The fraction of sp³-hybridized carbons (Fsp3) is 0.385. The van der Waals surface area contributed by atoms with Crippen LogP contribution in [0.25, 0.3) is 0 Å². The van der Waals surface area contributed by atoms with Crippen molar-refractivity contribution >= 4 is 70.0 Å². The lowest BCUT2D eigenvalue weighted by Crippen LogP contribution is -2.50. The van der Waals surface area contributed by atoms with Crippen LogP contribution in [0.15, 0.2) is 12.3 Å². The molecule has 0 saturated carbocycles. The second kappa shape index (κ2) is 6.55. The van der Waals surface area contributed by atoms with Gasteiger partial charge >= 0.3 is 5.97 Å². The van der Waals surface area contributed by atoms with Crippen molar-refractivity contribution in [1.29, 1.82) is 0 Å². The number of ether oxygens (including phenoxy) is 1. The zero-order chi connectivity index (χ0) is 18.3. The first kappa shape index (κ1) is 19.1. The van der Waals surface area contributed by atoms with Gasteiger partial charge in [-0.2, -0.15) is 0 Å². The number of nitrogens with zero attached hydrogens (tertiary/aromatic N) is 1. The van der Waals surface area contributed by atoms with Crippen LogP contribution in [-0.4, -0.2) is 38.5 Å². The van der Waals surface area contributed by atoms with E-state index < -0.39 is 39.3 Å². The van der Waals surface area contributed by atoms with Gasteiger partial charge in [0, 0.05) is 6.20 Å². The average Bonchev–Trinajstić information content (AvgIpc) is 2.98. The predicted octanol–water partition coefficient (Wildman–Crippen LogP) is 2.00. The van der Waals surface area contributed by atoms with Crippen LogP contribution >= 0.6 is 46.4 Å². The Kier molecular flexibility index (Phi) is 5.20. The molecule has 1 aliphatic heterocycles. The Balaban J connectivity index is 2.69. The number of imide groups is 1. The van der Waals surface area contributed by atoms with Gasteiger partial charge in [-0.05, 0) is 13.0 Å². The summed E-state index contributed by atoms with van der Waals surface area (Å²) in [7, 11) is 0. The van der Waals surface area contributed by atoms with E-state index in [2.05, 4.69) is 0 Å². The molecular formula is C13H10Cl4N2O5. The molecule has 11 heteroatoms. The van der Waals surface area contributed by atoms with Crippen molar-refractivity contribution in [2.75, 3.05) is 6.61 Å². The Morgan fingerprint density at radius 2 is 2.00 bits per heavy atom. The number of rotatable bonds is 4. The van der Waals surface area contributed by atoms with E-state index in [1.165, 1.54) is 6.92 Å². The first-order valence-electron chi connectivity index (χ1n) is 6.55. The number of nitrogens with one attached hydrogen (secondary N) is 1. The normalized spacial score (nSPS) is 20.9. The topological polar surface area (TPSA) is 94.5 Å². The van der Waals surface area contributed by atoms with Gasteiger partial charge in [0.2, 0.25) is 17.2 Å². The third kappa shape index (κ3) is 3.13. The van der Waals surface area contributed by atoms with Crippen LogP contribution in [0.2, 0.25) is 5.02 Å². The van der Waals surface area contributed by atoms with Gasteiger partial charge in [-0.15, -0.1) is 0 Å². The maximum atomic E-state index is 12.4. The molecule has 1 aromatic heterocycles. The number of amides is 2.